The zero-order valence-corrected chi connectivity index (χ0v) is 7.18. The Bertz CT molecular complexity index is 156. The van der Waals surface area contributed by atoms with Crippen LogP contribution in [0.15, 0.2) is 12.2 Å². The molecule has 62 valence electrons. The lowest BCUT2D eigenvalue weighted by atomic mass is 10.1. The molecule has 1 aliphatic heterocycles. The average Bonchev–Trinajstić information content (AvgIpc) is 2.55. The van der Waals surface area contributed by atoms with Crippen molar-refractivity contribution in [2.45, 2.75) is 38.1 Å². The van der Waals surface area contributed by atoms with Crippen LogP contribution in [0.2, 0.25) is 0 Å². The molecule has 0 aromatic heterocycles. The van der Waals surface area contributed by atoms with Crippen LogP contribution in [0.1, 0.15) is 32.1 Å². The van der Waals surface area contributed by atoms with Crippen molar-refractivity contribution in [2.75, 3.05) is 13.1 Å². The van der Waals surface area contributed by atoms with Crippen LogP contribution < -0.4 is 0 Å². The third kappa shape index (κ3) is 1.34. The van der Waals surface area contributed by atoms with Crippen LogP contribution in [-0.4, -0.2) is 24.0 Å². The Morgan fingerprint density at radius 2 is 1.91 bits per heavy atom. The molecule has 1 heteroatoms. The molecule has 0 spiro atoms. The molecule has 0 bridgehead atoms. The van der Waals surface area contributed by atoms with E-state index in [1.807, 2.05) is 0 Å². The number of nitrogens with zero attached hydrogens (tertiary/aromatic N) is 1. The topological polar surface area (TPSA) is 3.24 Å². The van der Waals surface area contributed by atoms with Gasteiger partial charge in [-0.05, 0) is 45.2 Å². The van der Waals surface area contributed by atoms with E-state index in [0.717, 1.165) is 6.04 Å². The van der Waals surface area contributed by atoms with Gasteiger partial charge in [0.2, 0.25) is 0 Å². The summed E-state index contributed by atoms with van der Waals surface area (Å²) in [5, 5.41) is 0. The van der Waals surface area contributed by atoms with Crippen molar-refractivity contribution in [3.05, 3.63) is 12.2 Å². The largest absolute Gasteiger partial charge is 0.297 e. The lowest BCUT2D eigenvalue weighted by Crippen LogP contribution is -2.31. The van der Waals surface area contributed by atoms with E-state index in [-0.39, 0.29) is 0 Å². The minimum atomic E-state index is 0.762. The molecule has 1 atom stereocenters. The maximum absolute atomic E-state index is 4.14. The highest BCUT2D eigenvalue weighted by Gasteiger charge is 2.27. The molecule has 1 heterocycles. The summed E-state index contributed by atoms with van der Waals surface area (Å²) in [6.07, 6.45) is 6.84. The van der Waals surface area contributed by atoms with Gasteiger partial charge in [-0.25, -0.2) is 0 Å². The molecule has 1 saturated heterocycles. The molecule has 0 aromatic rings. The van der Waals surface area contributed by atoms with Gasteiger partial charge in [-0.15, -0.1) is 0 Å². The van der Waals surface area contributed by atoms with Gasteiger partial charge in [0, 0.05) is 6.04 Å². The maximum atomic E-state index is 4.14. The van der Waals surface area contributed by atoms with Gasteiger partial charge in [-0.2, -0.15) is 0 Å². The van der Waals surface area contributed by atoms with Crippen molar-refractivity contribution in [3.8, 4) is 0 Å². The third-order valence-electron chi connectivity index (χ3n) is 3.03. The van der Waals surface area contributed by atoms with Gasteiger partial charge in [0.15, 0.2) is 0 Å². The molecule has 1 saturated carbocycles. The van der Waals surface area contributed by atoms with E-state index in [4.69, 9.17) is 0 Å². The van der Waals surface area contributed by atoms with Crippen LogP contribution in [0.4, 0.5) is 0 Å². The van der Waals surface area contributed by atoms with Crippen LogP contribution in [0.5, 0.6) is 0 Å². The minimum absolute atomic E-state index is 0.762. The Balaban J connectivity index is 1.97. The Labute approximate surface area is 69.1 Å². The van der Waals surface area contributed by atoms with Gasteiger partial charge >= 0.3 is 0 Å². The number of likely N-dealkylation sites (tertiary alicyclic amines) is 1. The van der Waals surface area contributed by atoms with E-state index in [0.29, 0.717) is 0 Å². The molecule has 0 N–H and O–H groups in total. The fourth-order valence-corrected chi connectivity index (χ4v) is 2.39. The zero-order valence-electron chi connectivity index (χ0n) is 7.18. The standard InChI is InChI=1S/C10H17N/c1-9-5-4-6-10(9)11-7-2-3-8-11/h10H,1-8H2. The molecular weight excluding hydrogens is 134 g/mol. The van der Waals surface area contributed by atoms with Gasteiger partial charge in [0.25, 0.3) is 0 Å². The normalized spacial score (nSPS) is 33.5. The van der Waals surface area contributed by atoms with Crippen LogP contribution in [0, 0.1) is 0 Å². The molecule has 2 rings (SSSR count). The number of hydrogen-bond acceptors (Lipinski definition) is 1. The van der Waals surface area contributed by atoms with E-state index in [9.17, 15) is 0 Å². The Kier molecular flexibility index (Phi) is 1.99. The number of rotatable bonds is 1. The molecule has 2 fully saturated rings. The lowest BCUT2D eigenvalue weighted by Gasteiger charge is -2.23. The van der Waals surface area contributed by atoms with Crippen molar-refractivity contribution in [1.29, 1.82) is 0 Å². The second-order valence-electron chi connectivity index (χ2n) is 3.81. The van der Waals surface area contributed by atoms with E-state index in [1.54, 1.807) is 0 Å². The monoisotopic (exact) mass is 151 g/mol. The highest BCUT2D eigenvalue weighted by atomic mass is 15.2. The minimum Gasteiger partial charge on any atom is -0.297 e. The third-order valence-corrected chi connectivity index (χ3v) is 3.03. The summed E-state index contributed by atoms with van der Waals surface area (Å²) >= 11 is 0. The fourth-order valence-electron chi connectivity index (χ4n) is 2.39. The lowest BCUT2D eigenvalue weighted by molar-refractivity contribution is 0.277. The van der Waals surface area contributed by atoms with Gasteiger partial charge in [-0.3, -0.25) is 4.90 Å². The smallest absolute Gasteiger partial charge is 0.0305 e. The molecule has 2 aliphatic rings. The van der Waals surface area contributed by atoms with Gasteiger partial charge in [0.05, 0.1) is 0 Å². The predicted molar refractivity (Wildman–Crippen MR) is 47.6 cm³/mol. The first-order valence-corrected chi connectivity index (χ1v) is 4.79. The molecule has 0 radical (unpaired) electrons. The Morgan fingerprint density at radius 1 is 1.18 bits per heavy atom. The Hall–Kier alpha value is -0.300. The first-order chi connectivity index (χ1) is 5.38. The first kappa shape index (κ1) is 7.35. The number of hydrogen-bond donors (Lipinski definition) is 0. The second-order valence-corrected chi connectivity index (χ2v) is 3.81. The van der Waals surface area contributed by atoms with Crippen LogP contribution in [0.3, 0.4) is 0 Å². The summed E-state index contributed by atoms with van der Waals surface area (Å²) in [7, 11) is 0. The molecule has 0 aromatic carbocycles. The summed E-state index contributed by atoms with van der Waals surface area (Å²) in [6.45, 7) is 6.78. The van der Waals surface area contributed by atoms with Crippen LogP contribution >= 0.6 is 0 Å². The summed E-state index contributed by atoms with van der Waals surface area (Å²) in [4.78, 5) is 2.62. The van der Waals surface area contributed by atoms with Crippen molar-refractivity contribution >= 4 is 0 Å². The zero-order chi connectivity index (χ0) is 7.68. The van der Waals surface area contributed by atoms with E-state index in [2.05, 4.69) is 11.5 Å². The van der Waals surface area contributed by atoms with Crippen LogP contribution in [-0.2, 0) is 0 Å². The SMILES string of the molecule is C=C1CCCC1N1CCCC1. The average molecular weight is 151 g/mol. The van der Waals surface area contributed by atoms with Gasteiger partial charge < -0.3 is 0 Å². The highest BCUT2D eigenvalue weighted by molar-refractivity contribution is 5.11. The Morgan fingerprint density at radius 3 is 2.45 bits per heavy atom. The van der Waals surface area contributed by atoms with E-state index < -0.39 is 0 Å². The van der Waals surface area contributed by atoms with E-state index >= 15 is 0 Å². The molecule has 11 heavy (non-hydrogen) atoms. The molecule has 1 unspecified atom stereocenters. The summed E-state index contributed by atoms with van der Waals surface area (Å²) < 4.78 is 0. The molecule has 1 aliphatic carbocycles. The van der Waals surface area contributed by atoms with Crippen molar-refractivity contribution in [1.82, 2.24) is 4.90 Å². The molecular formula is C10H17N. The molecule has 1 nitrogen and oxygen atoms in total. The fraction of sp³-hybridized carbons (Fsp3) is 0.800. The van der Waals surface area contributed by atoms with Crippen molar-refractivity contribution in [2.24, 2.45) is 0 Å². The highest BCUT2D eigenvalue weighted by Crippen LogP contribution is 2.29. The molecule has 0 amide bonds. The van der Waals surface area contributed by atoms with Gasteiger partial charge in [-0.1, -0.05) is 12.2 Å². The summed E-state index contributed by atoms with van der Waals surface area (Å²) in [6, 6.07) is 0.762. The maximum Gasteiger partial charge on any atom is 0.0305 e. The van der Waals surface area contributed by atoms with Crippen LogP contribution in [0.25, 0.3) is 0 Å². The first-order valence-electron chi connectivity index (χ1n) is 4.79. The predicted octanol–water partition coefficient (Wildman–Crippen LogP) is 2.19. The van der Waals surface area contributed by atoms with Gasteiger partial charge in [0.1, 0.15) is 0 Å². The quantitative estimate of drug-likeness (QED) is 0.519. The summed E-state index contributed by atoms with van der Waals surface area (Å²) in [5.74, 6) is 0. The van der Waals surface area contributed by atoms with E-state index in [1.165, 1.54) is 50.8 Å². The van der Waals surface area contributed by atoms with Crippen molar-refractivity contribution in [3.63, 3.8) is 0 Å². The second kappa shape index (κ2) is 2.98. The summed E-state index contributed by atoms with van der Waals surface area (Å²) in [5.41, 5.74) is 1.49. The van der Waals surface area contributed by atoms with Crippen molar-refractivity contribution < 1.29 is 0 Å².